The summed E-state index contributed by atoms with van der Waals surface area (Å²) in [6.07, 6.45) is 3.71. The molecule has 0 bridgehead atoms. The van der Waals surface area contributed by atoms with Crippen molar-refractivity contribution >= 4 is 11.7 Å². The number of rotatable bonds is 2. The average Bonchev–Trinajstić information content (AvgIpc) is 2.96. The highest BCUT2D eigenvalue weighted by Crippen LogP contribution is 2.31. The molecule has 1 aromatic rings. The second-order valence-corrected chi connectivity index (χ2v) is 6.02. The molecule has 1 atom stereocenters. The summed E-state index contributed by atoms with van der Waals surface area (Å²) >= 11 is 0. The fourth-order valence-electron chi connectivity index (χ4n) is 3.11. The summed E-state index contributed by atoms with van der Waals surface area (Å²) in [6, 6.07) is -0.333. The number of morpholine rings is 1. The first-order valence-electron chi connectivity index (χ1n) is 7.61. The van der Waals surface area contributed by atoms with Crippen molar-refractivity contribution in [1.82, 2.24) is 14.7 Å². The zero-order chi connectivity index (χ0) is 16.4. The smallest absolute Gasteiger partial charge is 0.333 e. The van der Waals surface area contributed by atoms with Gasteiger partial charge in [0.1, 0.15) is 0 Å². The van der Waals surface area contributed by atoms with E-state index in [0.29, 0.717) is 31.0 Å². The van der Waals surface area contributed by atoms with Crippen LogP contribution in [0.2, 0.25) is 0 Å². The number of nitrogens with zero attached hydrogens (tertiary/aromatic N) is 3. The van der Waals surface area contributed by atoms with Gasteiger partial charge in [-0.2, -0.15) is 13.9 Å². The number of amides is 2. The van der Waals surface area contributed by atoms with Gasteiger partial charge >= 0.3 is 12.6 Å². The first-order chi connectivity index (χ1) is 11.0. The number of hydrogen-bond donors (Lipinski definition) is 1. The van der Waals surface area contributed by atoms with Crippen LogP contribution in [0, 0.1) is 0 Å². The largest absolute Gasteiger partial charge is 0.381 e. The number of halogens is 2. The van der Waals surface area contributed by atoms with Crippen molar-refractivity contribution in [3.8, 4) is 0 Å². The maximum Gasteiger partial charge on any atom is 0.333 e. The molecule has 1 aromatic heterocycles. The third kappa shape index (κ3) is 3.61. The van der Waals surface area contributed by atoms with E-state index in [9.17, 15) is 13.6 Å². The van der Waals surface area contributed by atoms with Crippen molar-refractivity contribution in [2.24, 2.45) is 0 Å². The Labute approximate surface area is 132 Å². The van der Waals surface area contributed by atoms with Gasteiger partial charge < -0.3 is 19.7 Å². The number of ether oxygens (including phenoxy) is 2. The standard InChI is InChI=1S/C14H20F2N4O3/c1-10-7-19(9-14(23-10)2-4-22-5-3-14)13(21)18-11-6-17-20(8-11)12(15)16/h6,8,10,12H,2-5,7,9H2,1H3,(H,18,21). The van der Waals surface area contributed by atoms with Crippen molar-refractivity contribution in [1.29, 1.82) is 0 Å². The van der Waals surface area contributed by atoms with Gasteiger partial charge in [-0.25, -0.2) is 9.48 Å². The highest BCUT2D eigenvalue weighted by atomic mass is 19.3. The van der Waals surface area contributed by atoms with E-state index in [4.69, 9.17) is 9.47 Å². The highest BCUT2D eigenvalue weighted by molar-refractivity contribution is 5.89. The second-order valence-electron chi connectivity index (χ2n) is 6.02. The van der Waals surface area contributed by atoms with Crippen LogP contribution in [0.5, 0.6) is 0 Å². The van der Waals surface area contributed by atoms with Gasteiger partial charge in [0.2, 0.25) is 0 Å². The van der Waals surface area contributed by atoms with Gasteiger partial charge in [-0.05, 0) is 6.92 Å². The summed E-state index contributed by atoms with van der Waals surface area (Å²) in [5.74, 6) is 0. The van der Waals surface area contributed by atoms with Gasteiger partial charge in [-0.3, -0.25) is 0 Å². The average molecular weight is 330 g/mol. The third-order valence-electron chi connectivity index (χ3n) is 4.15. The Morgan fingerprint density at radius 1 is 1.48 bits per heavy atom. The zero-order valence-electron chi connectivity index (χ0n) is 12.9. The molecule has 9 heteroatoms. The lowest BCUT2D eigenvalue weighted by atomic mass is 9.91. The molecule has 2 fully saturated rings. The van der Waals surface area contributed by atoms with Gasteiger partial charge in [0, 0.05) is 32.6 Å². The van der Waals surface area contributed by atoms with Crippen LogP contribution in [0.3, 0.4) is 0 Å². The number of carbonyl (C=O) groups excluding carboxylic acids is 1. The number of nitrogens with one attached hydrogen (secondary N) is 1. The lowest BCUT2D eigenvalue weighted by Crippen LogP contribution is -2.59. The summed E-state index contributed by atoms with van der Waals surface area (Å²) in [4.78, 5) is 14.1. The number of alkyl halides is 2. The van der Waals surface area contributed by atoms with E-state index >= 15 is 0 Å². The minimum Gasteiger partial charge on any atom is -0.381 e. The quantitative estimate of drug-likeness (QED) is 0.901. The van der Waals surface area contributed by atoms with Crippen LogP contribution in [-0.2, 0) is 9.47 Å². The molecule has 0 saturated carbocycles. The molecule has 3 heterocycles. The van der Waals surface area contributed by atoms with Crippen molar-refractivity contribution in [3.63, 3.8) is 0 Å². The van der Waals surface area contributed by atoms with Crippen LogP contribution >= 0.6 is 0 Å². The Morgan fingerprint density at radius 3 is 2.87 bits per heavy atom. The predicted molar refractivity (Wildman–Crippen MR) is 77.4 cm³/mol. The molecule has 0 aromatic carbocycles. The number of aromatic nitrogens is 2. The Hall–Kier alpha value is -1.74. The molecule has 0 aliphatic carbocycles. The topological polar surface area (TPSA) is 68.6 Å². The second kappa shape index (κ2) is 6.40. The van der Waals surface area contributed by atoms with Crippen LogP contribution in [0.4, 0.5) is 19.3 Å². The molecular weight excluding hydrogens is 310 g/mol. The Balaban J connectivity index is 1.65. The number of carbonyl (C=O) groups is 1. The number of anilines is 1. The minimum absolute atomic E-state index is 0.0867. The van der Waals surface area contributed by atoms with Crippen LogP contribution in [0.15, 0.2) is 12.4 Å². The van der Waals surface area contributed by atoms with E-state index in [2.05, 4.69) is 10.4 Å². The van der Waals surface area contributed by atoms with E-state index in [1.807, 2.05) is 6.92 Å². The Kier molecular flexibility index (Phi) is 4.49. The zero-order valence-corrected chi connectivity index (χ0v) is 12.9. The van der Waals surface area contributed by atoms with E-state index < -0.39 is 6.55 Å². The molecule has 1 unspecified atom stereocenters. The number of urea groups is 1. The van der Waals surface area contributed by atoms with E-state index in [1.165, 1.54) is 6.20 Å². The molecule has 2 amide bonds. The van der Waals surface area contributed by atoms with E-state index in [0.717, 1.165) is 19.0 Å². The fraction of sp³-hybridized carbons (Fsp3) is 0.714. The molecule has 3 rings (SSSR count). The highest BCUT2D eigenvalue weighted by Gasteiger charge is 2.42. The minimum atomic E-state index is -2.73. The molecule has 2 saturated heterocycles. The summed E-state index contributed by atoms with van der Waals surface area (Å²) in [5, 5.41) is 6.12. The fourth-order valence-corrected chi connectivity index (χ4v) is 3.11. The van der Waals surface area contributed by atoms with Crippen molar-refractivity contribution in [3.05, 3.63) is 12.4 Å². The van der Waals surface area contributed by atoms with Gasteiger partial charge in [-0.15, -0.1) is 0 Å². The van der Waals surface area contributed by atoms with Crippen molar-refractivity contribution < 1.29 is 23.0 Å². The predicted octanol–water partition coefficient (Wildman–Crippen LogP) is 2.08. The molecule has 1 N–H and O–H groups in total. The van der Waals surface area contributed by atoms with Crippen LogP contribution in [-0.4, -0.2) is 58.7 Å². The van der Waals surface area contributed by atoms with Crippen molar-refractivity contribution in [2.45, 2.75) is 38.0 Å². The molecule has 2 aliphatic rings. The molecule has 1 spiro atoms. The first-order valence-corrected chi connectivity index (χ1v) is 7.61. The third-order valence-corrected chi connectivity index (χ3v) is 4.15. The Bertz CT molecular complexity index is 560. The Morgan fingerprint density at radius 2 is 2.22 bits per heavy atom. The SMILES string of the molecule is CC1CN(C(=O)Nc2cnn(C(F)F)c2)CC2(CCOCC2)O1. The van der Waals surface area contributed by atoms with Crippen molar-refractivity contribution in [2.75, 3.05) is 31.6 Å². The molecule has 2 aliphatic heterocycles. The van der Waals surface area contributed by atoms with Crippen LogP contribution in [0.25, 0.3) is 0 Å². The van der Waals surface area contributed by atoms with E-state index in [1.54, 1.807) is 4.90 Å². The van der Waals surface area contributed by atoms with Crippen LogP contribution < -0.4 is 5.32 Å². The van der Waals surface area contributed by atoms with Gasteiger partial charge in [-0.1, -0.05) is 0 Å². The van der Waals surface area contributed by atoms with Gasteiger partial charge in [0.15, 0.2) is 0 Å². The summed E-state index contributed by atoms with van der Waals surface area (Å²) in [5.41, 5.74) is -0.129. The molecule has 128 valence electrons. The first kappa shape index (κ1) is 16.1. The monoisotopic (exact) mass is 330 g/mol. The summed E-state index contributed by atoms with van der Waals surface area (Å²) in [6.45, 7) is 1.35. The lowest BCUT2D eigenvalue weighted by molar-refractivity contribution is -0.174. The van der Waals surface area contributed by atoms with Crippen LogP contribution in [0.1, 0.15) is 26.3 Å². The van der Waals surface area contributed by atoms with Gasteiger partial charge in [0.25, 0.3) is 0 Å². The summed E-state index contributed by atoms with van der Waals surface area (Å²) in [7, 11) is 0. The maximum absolute atomic E-state index is 12.5. The molecular formula is C14H20F2N4O3. The normalized spacial score (nSPS) is 24.2. The van der Waals surface area contributed by atoms with Gasteiger partial charge in [0.05, 0.1) is 36.3 Å². The molecule has 7 nitrogen and oxygen atoms in total. The summed E-state index contributed by atoms with van der Waals surface area (Å²) < 4.78 is 37.0. The number of hydrogen-bond acceptors (Lipinski definition) is 4. The van der Waals surface area contributed by atoms with E-state index in [-0.39, 0.29) is 23.4 Å². The lowest BCUT2D eigenvalue weighted by Gasteiger charge is -2.47. The molecule has 23 heavy (non-hydrogen) atoms. The molecule has 0 radical (unpaired) electrons. The maximum atomic E-state index is 12.5.